The number of imidazole rings is 1. The molecule has 0 bridgehead atoms. The van der Waals surface area contributed by atoms with Gasteiger partial charge < -0.3 is 9.67 Å². The molecule has 0 fully saturated rings. The molecule has 0 atom stereocenters. The molecule has 0 aliphatic rings. The fraction of sp³-hybridized carbons (Fsp3) is 0.250. The average molecular weight is 218 g/mol. The lowest BCUT2D eigenvalue weighted by Gasteiger charge is -2.04. The normalized spacial score (nSPS) is 10.6. The van der Waals surface area contributed by atoms with E-state index in [-0.39, 0.29) is 12.3 Å². The van der Waals surface area contributed by atoms with Crippen molar-refractivity contribution in [3.8, 4) is 5.69 Å². The van der Waals surface area contributed by atoms with E-state index < -0.39 is 0 Å². The highest BCUT2D eigenvalue weighted by atomic mass is 16.2. The zero-order valence-electron chi connectivity index (χ0n) is 9.13. The Bertz CT molecular complexity index is 540. The predicted molar refractivity (Wildman–Crippen MR) is 61.8 cm³/mol. The van der Waals surface area contributed by atoms with Crippen LogP contribution in [0.3, 0.4) is 0 Å². The van der Waals surface area contributed by atoms with Gasteiger partial charge in [0.15, 0.2) is 0 Å². The lowest BCUT2D eigenvalue weighted by molar-refractivity contribution is 0.299. The van der Waals surface area contributed by atoms with Crippen molar-refractivity contribution >= 4 is 0 Å². The number of benzene rings is 1. The number of rotatable bonds is 3. The van der Waals surface area contributed by atoms with Crippen LogP contribution >= 0.6 is 0 Å². The molecule has 1 heterocycles. The van der Waals surface area contributed by atoms with Crippen LogP contribution in [0.2, 0.25) is 0 Å². The van der Waals surface area contributed by atoms with Gasteiger partial charge in [-0.25, -0.2) is 4.79 Å². The topological polar surface area (TPSA) is 47.2 Å². The van der Waals surface area contributed by atoms with Crippen molar-refractivity contribution in [3.05, 3.63) is 52.7 Å². The molecule has 16 heavy (non-hydrogen) atoms. The molecule has 1 aromatic heterocycles. The van der Waals surface area contributed by atoms with E-state index in [0.717, 1.165) is 11.3 Å². The highest BCUT2D eigenvalue weighted by Gasteiger charge is 2.02. The highest BCUT2D eigenvalue weighted by molar-refractivity contribution is 5.35. The van der Waals surface area contributed by atoms with Gasteiger partial charge in [-0.15, -0.1) is 0 Å². The molecule has 84 valence electrons. The van der Waals surface area contributed by atoms with Crippen LogP contribution < -0.4 is 5.69 Å². The zero-order valence-corrected chi connectivity index (χ0v) is 9.13. The molecule has 0 saturated heterocycles. The summed E-state index contributed by atoms with van der Waals surface area (Å²) in [5.74, 6) is 0. The number of aliphatic hydroxyl groups excluding tert-OH is 1. The van der Waals surface area contributed by atoms with Gasteiger partial charge in [-0.3, -0.25) is 4.57 Å². The monoisotopic (exact) mass is 218 g/mol. The maximum absolute atomic E-state index is 11.7. The van der Waals surface area contributed by atoms with Crippen LogP contribution in [-0.4, -0.2) is 20.8 Å². The van der Waals surface area contributed by atoms with Gasteiger partial charge in [0.05, 0.1) is 5.69 Å². The number of hydrogen-bond acceptors (Lipinski definition) is 2. The number of hydrogen-bond donors (Lipinski definition) is 1. The quantitative estimate of drug-likeness (QED) is 0.824. The van der Waals surface area contributed by atoms with Gasteiger partial charge in [0.2, 0.25) is 0 Å². The molecule has 2 rings (SSSR count). The summed E-state index contributed by atoms with van der Waals surface area (Å²) in [6, 6.07) is 7.62. The van der Waals surface area contributed by atoms with Gasteiger partial charge in [-0.1, -0.05) is 12.1 Å². The lowest BCUT2D eigenvalue weighted by atomic mass is 10.1. The fourth-order valence-electron chi connectivity index (χ4n) is 1.65. The van der Waals surface area contributed by atoms with E-state index in [9.17, 15) is 4.79 Å². The Morgan fingerprint density at radius 2 is 2.12 bits per heavy atom. The second-order valence-corrected chi connectivity index (χ2v) is 3.71. The van der Waals surface area contributed by atoms with E-state index in [0.29, 0.717) is 6.42 Å². The largest absolute Gasteiger partial charge is 0.396 e. The van der Waals surface area contributed by atoms with Crippen molar-refractivity contribution in [1.29, 1.82) is 0 Å². The first kappa shape index (κ1) is 10.7. The van der Waals surface area contributed by atoms with Crippen molar-refractivity contribution in [2.45, 2.75) is 6.42 Å². The maximum atomic E-state index is 11.7. The molecule has 0 spiro atoms. The number of aryl methyl sites for hydroxylation is 1. The van der Waals surface area contributed by atoms with Crippen molar-refractivity contribution in [3.63, 3.8) is 0 Å². The van der Waals surface area contributed by atoms with Crippen molar-refractivity contribution in [2.75, 3.05) is 6.61 Å². The minimum Gasteiger partial charge on any atom is -0.396 e. The van der Waals surface area contributed by atoms with Gasteiger partial charge >= 0.3 is 5.69 Å². The minimum atomic E-state index is -0.0684. The molecule has 1 N–H and O–H groups in total. The molecule has 0 unspecified atom stereocenters. The molecule has 0 radical (unpaired) electrons. The molecule has 0 amide bonds. The summed E-state index contributed by atoms with van der Waals surface area (Å²) in [6.45, 7) is 0.118. The third-order valence-corrected chi connectivity index (χ3v) is 2.54. The third kappa shape index (κ3) is 1.92. The van der Waals surface area contributed by atoms with E-state index in [1.54, 1.807) is 24.0 Å². The molecule has 0 aliphatic carbocycles. The first-order valence-electron chi connectivity index (χ1n) is 5.16. The minimum absolute atomic E-state index is 0.0684. The van der Waals surface area contributed by atoms with Crippen LogP contribution in [0.4, 0.5) is 0 Å². The van der Waals surface area contributed by atoms with Crippen LogP contribution in [0.1, 0.15) is 5.56 Å². The molecule has 4 heteroatoms. The van der Waals surface area contributed by atoms with E-state index in [1.165, 1.54) is 4.57 Å². The van der Waals surface area contributed by atoms with Crippen molar-refractivity contribution in [2.24, 2.45) is 7.05 Å². The second-order valence-electron chi connectivity index (χ2n) is 3.71. The Morgan fingerprint density at radius 3 is 2.75 bits per heavy atom. The Morgan fingerprint density at radius 1 is 1.31 bits per heavy atom. The van der Waals surface area contributed by atoms with E-state index in [4.69, 9.17) is 5.11 Å². The maximum Gasteiger partial charge on any atom is 0.332 e. The van der Waals surface area contributed by atoms with Crippen molar-refractivity contribution < 1.29 is 5.11 Å². The molecular weight excluding hydrogens is 204 g/mol. The van der Waals surface area contributed by atoms with E-state index >= 15 is 0 Å². The summed E-state index contributed by atoms with van der Waals surface area (Å²) in [5, 5.41) is 8.87. The zero-order chi connectivity index (χ0) is 11.5. The molecular formula is C12H14N2O2. The Kier molecular flexibility index (Phi) is 2.92. The smallest absolute Gasteiger partial charge is 0.332 e. The summed E-state index contributed by atoms with van der Waals surface area (Å²) < 4.78 is 3.11. The fourth-order valence-corrected chi connectivity index (χ4v) is 1.65. The van der Waals surface area contributed by atoms with Gasteiger partial charge in [-0.2, -0.15) is 0 Å². The highest BCUT2D eigenvalue weighted by Crippen LogP contribution is 2.09. The van der Waals surface area contributed by atoms with Gasteiger partial charge in [0, 0.05) is 26.0 Å². The Labute approximate surface area is 93.4 Å². The molecule has 0 aliphatic heterocycles. The third-order valence-electron chi connectivity index (χ3n) is 2.54. The Balaban J connectivity index is 2.44. The average Bonchev–Trinajstić information content (AvgIpc) is 2.61. The summed E-state index contributed by atoms with van der Waals surface area (Å²) in [5.41, 5.74) is 1.79. The predicted octanol–water partition coefficient (Wildman–Crippen LogP) is 0.711. The summed E-state index contributed by atoms with van der Waals surface area (Å²) in [4.78, 5) is 11.7. The van der Waals surface area contributed by atoms with Gasteiger partial charge in [0.1, 0.15) is 0 Å². The van der Waals surface area contributed by atoms with E-state index in [2.05, 4.69) is 0 Å². The van der Waals surface area contributed by atoms with Crippen LogP contribution in [0.25, 0.3) is 5.69 Å². The standard InChI is InChI=1S/C12H14N2O2/c1-13-6-7-14(12(13)16)11-4-2-3-10(9-11)5-8-15/h2-4,6-7,9,15H,5,8H2,1H3. The Hall–Kier alpha value is -1.81. The van der Waals surface area contributed by atoms with E-state index in [1.807, 2.05) is 24.3 Å². The van der Waals surface area contributed by atoms with Gasteiger partial charge in [-0.05, 0) is 24.1 Å². The van der Waals surface area contributed by atoms with Crippen LogP contribution in [0.15, 0.2) is 41.5 Å². The van der Waals surface area contributed by atoms with Crippen LogP contribution in [-0.2, 0) is 13.5 Å². The summed E-state index contributed by atoms with van der Waals surface area (Å²) >= 11 is 0. The molecule has 2 aromatic rings. The number of nitrogens with zero attached hydrogens (tertiary/aromatic N) is 2. The summed E-state index contributed by atoms with van der Waals surface area (Å²) in [7, 11) is 1.72. The number of aliphatic hydroxyl groups is 1. The first-order valence-corrected chi connectivity index (χ1v) is 5.16. The SMILES string of the molecule is Cn1ccn(-c2cccc(CCO)c2)c1=O. The summed E-state index contributed by atoms with van der Waals surface area (Å²) in [6.07, 6.45) is 4.07. The second kappa shape index (κ2) is 4.37. The molecule has 1 aromatic carbocycles. The first-order chi connectivity index (χ1) is 7.72. The lowest BCUT2D eigenvalue weighted by Crippen LogP contribution is -2.20. The molecule has 4 nitrogen and oxygen atoms in total. The van der Waals surface area contributed by atoms with Crippen molar-refractivity contribution in [1.82, 2.24) is 9.13 Å². The van der Waals surface area contributed by atoms with Crippen LogP contribution in [0.5, 0.6) is 0 Å². The molecule has 0 saturated carbocycles. The van der Waals surface area contributed by atoms with Gasteiger partial charge in [0.25, 0.3) is 0 Å². The van der Waals surface area contributed by atoms with Crippen LogP contribution in [0, 0.1) is 0 Å². The number of aromatic nitrogens is 2.